The summed E-state index contributed by atoms with van der Waals surface area (Å²) < 4.78 is 4.92. The van der Waals surface area contributed by atoms with Gasteiger partial charge in [0.1, 0.15) is 0 Å². The van der Waals surface area contributed by atoms with Crippen molar-refractivity contribution in [1.29, 1.82) is 0 Å². The minimum absolute atomic E-state index is 0.0836. The Morgan fingerprint density at radius 2 is 1.37 bits per heavy atom. The van der Waals surface area contributed by atoms with Crippen LogP contribution in [-0.4, -0.2) is 18.5 Å². The molecular weight excluding hydrogens is 244 g/mol. The fourth-order valence-electron chi connectivity index (χ4n) is 1.88. The number of hydrogen-bond acceptors (Lipinski definition) is 4. The van der Waals surface area contributed by atoms with Gasteiger partial charge in [0, 0.05) is 5.97 Å². The highest BCUT2D eigenvalue weighted by Gasteiger charge is 2.02. The number of carboxylic acid groups (broad SMARTS) is 1. The average molecular weight is 271 g/mol. The Morgan fingerprint density at radius 3 is 1.89 bits per heavy atom. The Bertz CT molecular complexity index is 238. The molecule has 4 nitrogen and oxygen atoms in total. The van der Waals surface area contributed by atoms with E-state index in [2.05, 4.69) is 6.92 Å². The number of esters is 1. The smallest absolute Gasteiger partial charge is 0.306 e. The number of carboxylic acids is 1. The molecular formula is C15H27O4-. The molecule has 0 atom stereocenters. The largest absolute Gasteiger partial charge is 0.550 e. The normalized spacial score (nSPS) is 10.4. The number of unbranched alkanes of at least 4 members (excludes halogenated alkanes) is 8. The fourth-order valence-corrected chi connectivity index (χ4v) is 1.88. The SMILES string of the molecule is CCCCCCCCCCCOC(=O)CCC(=O)[O-]. The summed E-state index contributed by atoms with van der Waals surface area (Å²) in [5.41, 5.74) is 0. The third-order valence-electron chi connectivity index (χ3n) is 3.04. The van der Waals surface area contributed by atoms with Crippen molar-refractivity contribution in [1.82, 2.24) is 0 Å². The van der Waals surface area contributed by atoms with E-state index in [4.69, 9.17) is 4.74 Å². The lowest BCUT2D eigenvalue weighted by Crippen LogP contribution is -2.23. The van der Waals surface area contributed by atoms with Crippen LogP contribution in [0.2, 0.25) is 0 Å². The molecule has 0 bridgehead atoms. The van der Waals surface area contributed by atoms with Gasteiger partial charge in [0.25, 0.3) is 0 Å². The quantitative estimate of drug-likeness (QED) is 0.381. The van der Waals surface area contributed by atoms with Gasteiger partial charge in [0.15, 0.2) is 0 Å². The van der Waals surface area contributed by atoms with Crippen LogP contribution in [0.1, 0.15) is 77.6 Å². The molecule has 4 heteroatoms. The van der Waals surface area contributed by atoms with Gasteiger partial charge in [-0.1, -0.05) is 58.3 Å². The second-order valence-corrected chi connectivity index (χ2v) is 4.92. The van der Waals surface area contributed by atoms with Gasteiger partial charge in [-0.15, -0.1) is 0 Å². The van der Waals surface area contributed by atoms with Crippen LogP contribution >= 0.6 is 0 Å². The molecule has 0 rings (SSSR count). The maximum absolute atomic E-state index is 11.1. The van der Waals surface area contributed by atoms with Gasteiger partial charge in [-0.3, -0.25) is 4.79 Å². The average Bonchev–Trinajstić information content (AvgIpc) is 2.38. The summed E-state index contributed by atoms with van der Waals surface area (Å²) in [4.78, 5) is 21.2. The summed E-state index contributed by atoms with van der Waals surface area (Å²) in [7, 11) is 0. The Balaban J connectivity index is 3.13. The first-order chi connectivity index (χ1) is 9.16. The third kappa shape index (κ3) is 14.9. The molecule has 19 heavy (non-hydrogen) atoms. The Morgan fingerprint density at radius 1 is 0.842 bits per heavy atom. The Labute approximate surface area is 116 Å². The van der Waals surface area contributed by atoms with E-state index in [0.717, 1.165) is 12.8 Å². The minimum atomic E-state index is -1.21. The van der Waals surface area contributed by atoms with Crippen LogP contribution in [-0.2, 0) is 14.3 Å². The lowest BCUT2D eigenvalue weighted by Gasteiger charge is -2.05. The summed E-state index contributed by atoms with van der Waals surface area (Å²) in [5, 5.41) is 10.1. The molecule has 0 fully saturated rings. The second kappa shape index (κ2) is 13.4. The van der Waals surface area contributed by atoms with Crippen molar-refractivity contribution in [2.75, 3.05) is 6.61 Å². The molecule has 0 amide bonds. The van der Waals surface area contributed by atoms with E-state index in [1.54, 1.807) is 0 Å². The molecule has 0 radical (unpaired) electrons. The van der Waals surface area contributed by atoms with Crippen LogP contribution in [0.25, 0.3) is 0 Å². The van der Waals surface area contributed by atoms with E-state index < -0.39 is 11.9 Å². The number of ether oxygens (including phenoxy) is 1. The molecule has 0 aliphatic rings. The van der Waals surface area contributed by atoms with Crippen molar-refractivity contribution in [3.63, 3.8) is 0 Å². The Kier molecular flexibility index (Phi) is 12.6. The van der Waals surface area contributed by atoms with E-state index >= 15 is 0 Å². The molecule has 0 aliphatic carbocycles. The lowest BCUT2D eigenvalue weighted by atomic mass is 10.1. The van der Waals surface area contributed by atoms with Gasteiger partial charge in [0.05, 0.1) is 13.0 Å². The maximum atomic E-state index is 11.1. The molecule has 0 N–H and O–H groups in total. The van der Waals surface area contributed by atoms with Crippen LogP contribution in [0.4, 0.5) is 0 Å². The van der Waals surface area contributed by atoms with Gasteiger partial charge >= 0.3 is 5.97 Å². The summed E-state index contributed by atoms with van der Waals surface area (Å²) in [5.74, 6) is -1.65. The van der Waals surface area contributed by atoms with Crippen LogP contribution in [0, 0.1) is 0 Å². The van der Waals surface area contributed by atoms with Crippen molar-refractivity contribution >= 4 is 11.9 Å². The van der Waals surface area contributed by atoms with Crippen molar-refractivity contribution in [2.24, 2.45) is 0 Å². The number of rotatable bonds is 13. The predicted molar refractivity (Wildman–Crippen MR) is 72.4 cm³/mol. The van der Waals surface area contributed by atoms with Gasteiger partial charge in [-0.05, 0) is 12.8 Å². The molecule has 0 saturated heterocycles. The first-order valence-corrected chi connectivity index (χ1v) is 7.52. The molecule has 112 valence electrons. The number of carbonyl (C=O) groups excluding carboxylic acids is 2. The monoisotopic (exact) mass is 271 g/mol. The molecule has 0 heterocycles. The topological polar surface area (TPSA) is 66.4 Å². The molecule has 0 spiro atoms. The highest BCUT2D eigenvalue weighted by atomic mass is 16.5. The predicted octanol–water partition coefficient (Wildman–Crippen LogP) is 2.59. The van der Waals surface area contributed by atoms with Gasteiger partial charge in [0.2, 0.25) is 0 Å². The van der Waals surface area contributed by atoms with E-state index in [1.165, 1.54) is 44.9 Å². The zero-order chi connectivity index (χ0) is 14.3. The lowest BCUT2D eigenvalue weighted by molar-refractivity contribution is -0.305. The number of carbonyl (C=O) groups is 2. The second-order valence-electron chi connectivity index (χ2n) is 4.92. The summed E-state index contributed by atoms with van der Waals surface area (Å²) in [6.07, 6.45) is 10.6. The van der Waals surface area contributed by atoms with Gasteiger partial charge in [-0.25, -0.2) is 0 Å². The Hall–Kier alpha value is -1.06. The minimum Gasteiger partial charge on any atom is -0.550 e. The van der Waals surface area contributed by atoms with Crippen molar-refractivity contribution in [3.05, 3.63) is 0 Å². The summed E-state index contributed by atoms with van der Waals surface area (Å²) in [6.45, 7) is 2.62. The van der Waals surface area contributed by atoms with Crippen molar-refractivity contribution in [3.8, 4) is 0 Å². The first kappa shape index (κ1) is 17.9. The van der Waals surface area contributed by atoms with Crippen LogP contribution in [0.3, 0.4) is 0 Å². The molecule has 0 saturated carbocycles. The molecule has 0 aliphatic heterocycles. The zero-order valence-electron chi connectivity index (χ0n) is 12.1. The van der Waals surface area contributed by atoms with E-state index in [-0.39, 0.29) is 12.8 Å². The molecule has 0 aromatic rings. The maximum Gasteiger partial charge on any atom is 0.306 e. The van der Waals surface area contributed by atoms with E-state index in [9.17, 15) is 14.7 Å². The van der Waals surface area contributed by atoms with E-state index in [0.29, 0.717) is 6.61 Å². The highest BCUT2D eigenvalue weighted by molar-refractivity contribution is 5.75. The number of hydrogen-bond donors (Lipinski definition) is 0. The molecule has 0 aromatic heterocycles. The van der Waals surface area contributed by atoms with Gasteiger partial charge < -0.3 is 14.6 Å². The van der Waals surface area contributed by atoms with Crippen molar-refractivity contribution in [2.45, 2.75) is 77.6 Å². The zero-order valence-corrected chi connectivity index (χ0v) is 12.1. The van der Waals surface area contributed by atoms with Crippen LogP contribution < -0.4 is 5.11 Å². The summed E-state index contributed by atoms with van der Waals surface area (Å²) >= 11 is 0. The molecule has 0 unspecified atom stereocenters. The highest BCUT2D eigenvalue weighted by Crippen LogP contribution is 2.09. The fraction of sp³-hybridized carbons (Fsp3) is 0.867. The van der Waals surface area contributed by atoms with Crippen LogP contribution in [0.5, 0.6) is 0 Å². The van der Waals surface area contributed by atoms with Gasteiger partial charge in [-0.2, -0.15) is 0 Å². The van der Waals surface area contributed by atoms with Crippen LogP contribution in [0.15, 0.2) is 0 Å². The van der Waals surface area contributed by atoms with E-state index in [1.807, 2.05) is 0 Å². The van der Waals surface area contributed by atoms with Crippen molar-refractivity contribution < 1.29 is 19.4 Å². The first-order valence-electron chi connectivity index (χ1n) is 7.52. The summed E-state index contributed by atoms with van der Waals surface area (Å²) in [6, 6.07) is 0. The molecule has 0 aromatic carbocycles. The standard InChI is InChI=1S/C15H28O4/c1-2-3-4-5-6-7-8-9-10-13-19-15(18)12-11-14(16)17/h2-13H2,1H3,(H,16,17)/p-1. The third-order valence-corrected chi connectivity index (χ3v) is 3.04. The number of aliphatic carboxylic acids is 1.